The molecule has 0 aliphatic heterocycles. The molecule has 90 valence electrons. The van der Waals surface area contributed by atoms with Crippen molar-refractivity contribution in [2.75, 3.05) is 0 Å². The Bertz CT molecular complexity index is 362. The molecular weight excluding hydrogens is 217 g/mol. The van der Waals surface area contributed by atoms with Crippen LogP contribution in [-0.4, -0.2) is 0 Å². The fourth-order valence-electron chi connectivity index (χ4n) is 1.60. The van der Waals surface area contributed by atoms with Gasteiger partial charge in [0.2, 0.25) is 0 Å². The first-order valence-corrected chi connectivity index (χ1v) is 4.88. The largest absolute Gasteiger partial charge is 0.271 e. The van der Waals surface area contributed by atoms with Crippen LogP contribution in [0.4, 0.5) is 13.2 Å². The second-order valence-electron chi connectivity index (χ2n) is 4.75. The van der Waals surface area contributed by atoms with Crippen molar-refractivity contribution in [2.24, 2.45) is 11.3 Å². The molecule has 0 fully saturated rings. The van der Waals surface area contributed by atoms with Crippen molar-refractivity contribution in [3.63, 3.8) is 0 Å². The van der Waals surface area contributed by atoms with Crippen LogP contribution in [0.2, 0.25) is 0 Å². The Hall–Kier alpha value is -1.07. The van der Waals surface area contributed by atoms with Gasteiger partial charge in [-0.05, 0) is 5.41 Å². The molecule has 0 amide bonds. The Morgan fingerprint density at radius 1 is 1.12 bits per heavy atom. The quantitative estimate of drug-likeness (QED) is 0.607. The maximum absolute atomic E-state index is 13.5. The molecule has 3 N–H and O–H groups in total. The topological polar surface area (TPSA) is 38.0 Å². The highest BCUT2D eigenvalue weighted by Gasteiger charge is 2.30. The van der Waals surface area contributed by atoms with Crippen molar-refractivity contribution in [3.05, 3.63) is 35.1 Å². The summed E-state index contributed by atoms with van der Waals surface area (Å²) >= 11 is 0. The summed E-state index contributed by atoms with van der Waals surface area (Å²) in [6, 6.07) is 0.566. The van der Waals surface area contributed by atoms with Crippen molar-refractivity contribution in [2.45, 2.75) is 26.8 Å². The predicted molar refractivity (Wildman–Crippen MR) is 55.8 cm³/mol. The second kappa shape index (κ2) is 4.43. The number of rotatable bonds is 2. The van der Waals surface area contributed by atoms with Crippen molar-refractivity contribution in [1.82, 2.24) is 5.43 Å². The lowest BCUT2D eigenvalue weighted by Gasteiger charge is -2.30. The number of hydrogen-bond donors (Lipinski definition) is 2. The molecule has 1 aromatic rings. The molecule has 0 aliphatic carbocycles. The van der Waals surface area contributed by atoms with E-state index in [4.69, 9.17) is 5.84 Å². The van der Waals surface area contributed by atoms with Gasteiger partial charge in [0, 0.05) is 17.7 Å². The van der Waals surface area contributed by atoms with Crippen LogP contribution in [-0.2, 0) is 0 Å². The molecule has 0 bridgehead atoms. The number of nitrogens with two attached hydrogens (primary N) is 1. The summed E-state index contributed by atoms with van der Waals surface area (Å²) in [5, 5.41) is 0. The standard InChI is InChI=1S/C11H15F3N2/c1-11(2,3)10(16-15)9-7(13)4-6(12)5-8(9)14/h4-5,10,16H,15H2,1-3H3. The molecule has 0 radical (unpaired) electrons. The van der Waals surface area contributed by atoms with Crippen LogP contribution in [0, 0.1) is 22.9 Å². The maximum Gasteiger partial charge on any atom is 0.133 e. The number of nitrogens with one attached hydrogen (secondary N) is 1. The average molecular weight is 232 g/mol. The maximum atomic E-state index is 13.5. The van der Waals surface area contributed by atoms with Gasteiger partial charge in [-0.3, -0.25) is 11.3 Å². The molecule has 0 heterocycles. The van der Waals surface area contributed by atoms with Gasteiger partial charge in [-0.1, -0.05) is 20.8 Å². The monoisotopic (exact) mass is 232 g/mol. The van der Waals surface area contributed by atoms with Crippen molar-refractivity contribution >= 4 is 0 Å². The Kier molecular flexibility index (Phi) is 3.60. The van der Waals surface area contributed by atoms with Gasteiger partial charge in [-0.15, -0.1) is 0 Å². The summed E-state index contributed by atoms with van der Waals surface area (Å²) in [6.45, 7) is 5.33. The molecule has 1 aromatic carbocycles. The van der Waals surface area contributed by atoms with E-state index in [0.29, 0.717) is 12.1 Å². The number of hydrazine groups is 1. The van der Waals surface area contributed by atoms with Gasteiger partial charge in [0.05, 0.1) is 6.04 Å². The molecular formula is C11H15F3N2. The fraction of sp³-hybridized carbons (Fsp3) is 0.455. The van der Waals surface area contributed by atoms with Crippen molar-refractivity contribution < 1.29 is 13.2 Å². The fourth-order valence-corrected chi connectivity index (χ4v) is 1.60. The van der Waals surface area contributed by atoms with Gasteiger partial charge in [-0.25, -0.2) is 13.2 Å². The van der Waals surface area contributed by atoms with Crippen molar-refractivity contribution in [3.8, 4) is 0 Å². The number of benzene rings is 1. The summed E-state index contributed by atoms with van der Waals surface area (Å²) in [5.41, 5.74) is 1.63. The lowest BCUT2D eigenvalue weighted by molar-refractivity contribution is 0.261. The highest BCUT2D eigenvalue weighted by atomic mass is 19.1. The Labute approximate surface area is 92.6 Å². The van der Waals surface area contributed by atoms with E-state index in [1.807, 2.05) is 0 Å². The third kappa shape index (κ3) is 2.54. The highest BCUT2D eigenvalue weighted by molar-refractivity contribution is 5.25. The predicted octanol–water partition coefficient (Wildman–Crippen LogP) is 2.65. The van der Waals surface area contributed by atoms with E-state index in [1.165, 1.54) is 0 Å². The van der Waals surface area contributed by atoms with Crippen LogP contribution in [0.1, 0.15) is 32.4 Å². The molecule has 16 heavy (non-hydrogen) atoms. The minimum absolute atomic E-state index is 0.239. The molecule has 0 saturated carbocycles. The first-order valence-electron chi connectivity index (χ1n) is 4.88. The first kappa shape index (κ1) is 13.0. The molecule has 0 saturated heterocycles. The summed E-state index contributed by atoms with van der Waals surface area (Å²) in [5.74, 6) is 2.48. The van der Waals surface area contributed by atoms with E-state index >= 15 is 0 Å². The zero-order valence-electron chi connectivity index (χ0n) is 9.44. The molecule has 5 heteroatoms. The molecule has 0 aromatic heterocycles. The van der Waals surface area contributed by atoms with Gasteiger partial charge in [0.15, 0.2) is 0 Å². The summed E-state index contributed by atoms with van der Waals surface area (Å²) in [4.78, 5) is 0. The van der Waals surface area contributed by atoms with E-state index in [-0.39, 0.29) is 5.56 Å². The van der Waals surface area contributed by atoms with Crippen LogP contribution in [0.25, 0.3) is 0 Å². The summed E-state index contributed by atoms with van der Waals surface area (Å²) in [6.07, 6.45) is 0. The van der Waals surface area contributed by atoms with E-state index in [0.717, 1.165) is 0 Å². The molecule has 2 nitrogen and oxygen atoms in total. The third-order valence-electron chi connectivity index (χ3n) is 2.37. The zero-order chi connectivity index (χ0) is 12.5. The van der Waals surface area contributed by atoms with Crippen LogP contribution < -0.4 is 11.3 Å². The number of hydrogen-bond acceptors (Lipinski definition) is 2. The van der Waals surface area contributed by atoms with Crippen LogP contribution in [0.3, 0.4) is 0 Å². The van der Waals surface area contributed by atoms with Gasteiger partial charge < -0.3 is 0 Å². The molecule has 1 rings (SSSR count). The van der Waals surface area contributed by atoms with Crippen LogP contribution >= 0.6 is 0 Å². The van der Waals surface area contributed by atoms with Gasteiger partial charge in [0.25, 0.3) is 0 Å². The van der Waals surface area contributed by atoms with Crippen LogP contribution in [0.15, 0.2) is 12.1 Å². The Morgan fingerprint density at radius 2 is 1.56 bits per heavy atom. The van der Waals surface area contributed by atoms with E-state index in [9.17, 15) is 13.2 Å². The molecule has 1 atom stereocenters. The van der Waals surface area contributed by atoms with Crippen LogP contribution in [0.5, 0.6) is 0 Å². The highest BCUT2D eigenvalue weighted by Crippen LogP contribution is 2.35. The molecule has 0 aliphatic rings. The van der Waals surface area contributed by atoms with E-state index < -0.39 is 28.9 Å². The van der Waals surface area contributed by atoms with Gasteiger partial charge >= 0.3 is 0 Å². The normalized spacial score (nSPS) is 13.9. The SMILES string of the molecule is CC(C)(C)C(NN)c1c(F)cc(F)cc1F. The lowest BCUT2D eigenvalue weighted by Crippen LogP contribution is -2.38. The number of halogens is 3. The van der Waals surface area contributed by atoms with E-state index in [1.54, 1.807) is 20.8 Å². The van der Waals surface area contributed by atoms with E-state index in [2.05, 4.69) is 5.43 Å². The van der Waals surface area contributed by atoms with Gasteiger partial charge in [0.1, 0.15) is 17.5 Å². The minimum Gasteiger partial charge on any atom is -0.271 e. The molecule has 0 spiro atoms. The van der Waals surface area contributed by atoms with Crippen molar-refractivity contribution in [1.29, 1.82) is 0 Å². The second-order valence-corrected chi connectivity index (χ2v) is 4.75. The Morgan fingerprint density at radius 3 is 1.88 bits per heavy atom. The third-order valence-corrected chi connectivity index (χ3v) is 2.37. The zero-order valence-corrected chi connectivity index (χ0v) is 9.44. The first-order chi connectivity index (χ1) is 7.27. The minimum atomic E-state index is -0.941. The summed E-state index contributed by atoms with van der Waals surface area (Å²) < 4.78 is 39.7. The molecule has 1 unspecified atom stereocenters. The summed E-state index contributed by atoms with van der Waals surface area (Å²) in [7, 11) is 0. The smallest absolute Gasteiger partial charge is 0.133 e. The van der Waals surface area contributed by atoms with Gasteiger partial charge in [-0.2, -0.15) is 0 Å². The lowest BCUT2D eigenvalue weighted by atomic mass is 9.82. The Balaban J connectivity index is 3.31. The average Bonchev–Trinajstić information content (AvgIpc) is 2.08.